The third-order valence-electron chi connectivity index (χ3n) is 3.71. The Morgan fingerprint density at radius 3 is 2.52 bits per heavy atom. The zero-order valence-corrected chi connectivity index (χ0v) is 14.4. The predicted octanol–water partition coefficient (Wildman–Crippen LogP) is -0.328. The molecule has 0 spiro atoms. The van der Waals surface area contributed by atoms with E-state index in [1.165, 1.54) is 0 Å². The van der Waals surface area contributed by atoms with E-state index in [0.29, 0.717) is 24.7 Å². The van der Waals surface area contributed by atoms with Crippen molar-refractivity contribution in [2.75, 3.05) is 33.0 Å². The standard InChI is InChI=1S/C18H19NO8/c20-12(9-27-18(23)7-19-16(21)4-5-17(19)22)8-24-13-2-1-3-14(6-13)25-10-15-11-26-15/h1-6,12,15,20H,7-11H2. The highest BCUT2D eigenvalue weighted by Gasteiger charge is 2.26. The van der Waals surface area contributed by atoms with Gasteiger partial charge in [-0.05, 0) is 12.1 Å². The molecule has 1 aromatic rings. The number of hydrogen-bond donors (Lipinski definition) is 1. The molecule has 0 bridgehead atoms. The van der Waals surface area contributed by atoms with Crippen molar-refractivity contribution in [3.8, 4) is 11.5 Å². The SMILES string of the molecule is O=C(CN1C(=O)C=CC1=O)OCC(O)COc1cccc(OCC2CO2)c1. The van der Waals surface area contributed by atoms with Crippen LogP contribution in [-0.2, 0) is 23.9 Å². The Morgan fingerprint density at radius 1 is 1.19 bits per heavy atom. The minimum atomic E-state index is -1.07. The van der Waals surface area contributed by atoms with Crippen LogP contribution in [0.5, 0.6) is 11.5 Å². The van der Waals surface area contributed by atoms with Gasteiger partial charge in [-0.2, -0.15) is 0 Å². The topological polar surface area (TPSA) is 115 Å². The summed E-state index contributed by atoms with van der Waals surface area (Å²) in [5.74, 6) is -0.823. The molecule has 0 radical (unpaired) electrons. The molecule has 144 valence electrons. The molecule has 2 unspecified atom stereocenters. The van der Waals surface area contributed by atoms with E-state index in [1.54, 1.807) is 24.3 Å². The second kappa shape index (κ2) is 8.65. The van der Waals surface area contributed by atoms with Crippen molar-refractivity contribution in [3.63, 3.8) is 0 Å². The number of carbonyl (C=O) groups excluding carboxylic acids is 3. The average molecular weight is 377 g/mol. The molecule has 9 heteroatoms. The predicted molar refractivity (Wildman–Crippen MR) is 90.0 cm³/mol. The molecule has 2 amide bonds. The van der Waals surface area contributed by atoms with Crippen molar-refractivity contribution in [3.05, 3.63) is 36.4 Å². The summed E-state index contributed by atoms with van der Waals surface area (Å²) in [6, 6.07) is 6.92. The van der Waals surface area contributed by atoms with Gasteiger partial charge in [0.25, 0.3) is 11.8 Å². The lowest BCUT2D eigenvalue weighted by Gasteiger charge is -2.15. The highest BCUT2D eigenvalue weighted by Crippen LogP contribution is 2.21. The summed E-state index contributed by atoms with van der Waals surface area (Å²) < 4.78 is 20.9. The molecule has 27 heavy (non-hydrogen) atoms. The van der Waals surface area contributed by atoms with Crippen LogP contribution in [0.25, 0.3) is 0 Å². The van der Waals surface area contributed by atoms with Gasteiger partial charge in [-0.15, -0.1) is 0 Å². The number of epoxide rings is 1. The molecule has 3 rings (SSSR count). The Bertz CT molecular complexity index is 725. The molecule has 1 fully saturated rings. The number of esters is 1. The Morgan fingerprint density at radius 2 is 1.85 bits per heavy atom. The molecule has 1 N–H and O–H groups in total. The van der Waals surface area contributed by atoms with E-state index in [-0.39, 0.29) is 19.3 Å². The minimum Gasteiger partial charge on any atom is -0.491 e. The highest BCUT2D eigenvalue weighted by molar-refractivity contribution is 6.14. The Labute approximate surface area is 155 Å². The van der Waals surface area contributed by atoms with Crippen LogP contribution in [0.1, 0.15) is 0 Å². The van der Waals surface area contributed by atoms with Crippen molar-refractivity contribution >= 4 is 17.8 Å². The van der Waals surface area contributed by atoms with Gasteiger partial charge < -0.3 is 24.1 Å². The molecule has 9 nitrogen and oxygen atoms in total. The number of ether oxygens (including phenoxy) is 4. The van der Waals surface area contributed by atoms with Crippen molar-refractivity contribution in [2.45, 2.75) is 12.2 Å². The zero-order valence-electron chi connectivity index (χ0n) is 14.4. The van der Waals surface area contributed by atoms with Gasteiger partial charge in [0, 0.05) is 18.2 Å². The van der Waals surface area contributed by atoms with Gasteiger partial charge in [0.05, 0.1) is 6.61 Å². The Kier molecular flexibility index (Phi) is 6.05. The second-order valence-electron chi connectivity index (χ2n) is 5.98. The van der Waals surface area contributed by atoms with Crippen molar-refractivity contribution in [1.82, 2.24) is 4.90 Å². The summed E-state index contributed by atoms with van der Waals surface area (Å²) in [6.07, 6.45) is 1.23. The first-order valence-electron chi connectivity index (χ1n) is 8.36. The minimum absolute atomic E-state index is 0.106. The quantitative estimate of drug-likeness (QED) is 0.335. The van der Waals surface area contributed by atoms with Gasteiger partial charge in [0.2, 0.25) is 0 Å². The molecular weight excluding hydrogens is 358 g/mol. The van der Waals surface area contributed by atoms with E-state index in [4.69, 9.17) is 18.9 Å². The number of carbonyl (C=O) groups is 3. The van der Waals surface area contributed by atoms with Crippen LogP contribution in [0.3, 0.4) is 0 Å². The van der Waals surface area contributed by atoms with Crippen LogP contribution in [0, 0.1) is 0 Å². The smallest absolute Gasteiger partial charge is 0.326 e. The summed E-state index contributed by atoms with van der Waals surface area (Å²) in [4.78, 5) is 35.1. The first-order valence-corrected chi connectivity index (χ1v) is 8.36. The van der Waals surface area contributed by atoms with E-state index in [9.17, 15) is 19.5 Å². The first kappa shape index (κ1) is 18.9. The highest BCUT2D eigenvalue weighted by atomic mass is 16.6. The fourth-order valence-corrected chi connectivity index (χ4v) is 2.20. The molecule has 0 aromatic heterocycles. The van der Waals surface area contributed by atoms with Crippen LogP contribution in [0.15, 0.2) is 36.4 Å². The fourth-order valence-electron chi connectivity index (χ4n) is 2.20. The monoisotopic (exact) mass is 377 g/mol. The molecule has 2 aliphatic heterocycles. The van der Waals surface area contributed by atoms with Gasteiger partial charge >= 0.3 is 5.97 Å². The van der Waals surface area contributed by atoms with Crippen LogP contribution in [-0.4, -0.2) is 73.0 Å². The molecule has 2 aliphatic rings. The van der Waals surface area contributed by atoms with Crippen LogP contribution in [0.4, 0.5) is 0 Å². The summed E-state index contributed by atoms with van der Waals surface area (Å²) in [5.41, 5.74) is 0. The number of nitrogens with zero attached hydrogens (tertiary/aromatic N) is 1. The number of imide groups is 1. The molecule has 0 saturated carbocycles. The maximum atomic E-state index is 11.7. The third-order valence-corrected chi connectivity index (χ3v) is 3.71. The van der Waals surface area contributed by atoms with E-state index in [2.05, 4.69) is 0 Å². The van der Waals surface area contributed by atoms with E-state index < -0.39 is 30.4 Å². The number of hydrogen-bond acceptors (Lipinski definition) is 8. The van der Waals surface area contributed by atoms with E-state index in [1.807, 2.05) is 0 Å². The Balaban J connectivity index is 1.36. The number of aliphatic hydroxyl groups excluding tert-OH is 1. The molecule has 2 atom stereocenters. The third kappa shape index (κ3) is 5.80. The fraction of sp³-hybridized carbons (Fsp3) is 0.389. The van der Waals surface area contributed by atoms with Gasteiger partial charge in [0.15, 0.2) is 0 Å². The summed E-state index contributed by atoms with van der Waals surface area (Å²) in [5, 5.41) is 9.87. The van der Waals surface area contributed by atoms with Crippen molar-refractivity contribution < 1.29 is 38.4 Å². The van der Waals surface area contributed by atoms with E-state index in [0.717, 1.165) is 17.1 Å². The Hall–Kier alpha value is -2.91. The summed E-state index contributed by atoms with van der Waals surface area (Å²) in [7, 11) is 0. The summed E-state index contributed by atoms with van der Waals surface area (Å²) >= 11 is 0. The lowest BCUT2D eigenvalue weighted by atomic mass is 10.3. The van der Waals surface area contributed by atoms with Crippen molar-refractivity contribution in [2.24, 2.45) is 0 Å². The summed E-state index contributed by atoms with van der Waals surface area (Å²) in [6.45, 7) is 0.253. The first-order chi connectivity index (χ1) is 13.0. The van der Waals surface area contributed by atoms with Gasteiger partial charge in [-0.3, -0.25) is 19.3 Å². The molecular formula is C18H19NO8. The van der Waals surface area contributed by atoms with Gasteiger partial charge in [-0.1, -0.05) is 6.07 Å². The lowest BCUT2D eigenvalue weighted by Crippen LogP contribution is -2.37. The maximum absolute atomic E-state index is 11.7. The average Bonchev–Trinajstić information content (AvgIpc) is 3.45. The van der Waals surface area contributed by atoms with Crippen molar-refractivity contribution in [1.29, 1.82) is 0 Å². The van der Waals surface area contributed by atoms with Gasteiger partial charge in [0.1, 0.15) is 50.1 Å². The normalized spacial score (nSPS) is 19.1. The van der Waals surface area contributed by atoms with Gasteiger partial charge in [-0.25, -0.2) is 0 Å². The van der Waals surface area contributed by atoms with E-state index >= 15 is 0 Å². The number of benzene rings is 1. The molecule has 2 heterocycles. The van der Waals surface area contributed by atoms with Crippen LogP contribution in [0.2, 0.25) is 0 Å². The number of rotatable bonds is 10. The largest absolute Gasteiger partial charge is 0.491 e. The molecule has 1 saturated heterocycles. The molecule has 1 aromatic carbocycles. The maximum Gasteiger partial charge on any atom is 0.326 e. The lowest BCUT2D eigenvalue weighted by molar-refractivity contribution is -0.154. The second-order valence-corrected chi connectivity index (χ2v) is 5.98. The molecule has 0 aliphatic carbocycles. The number of aliphatic hydroxyl groups is 1. The van der Waals surface area contributed by atoms with Crippen LogP contribution >= 0.6 is 0 Å². The number of amides is 2. The zero-order chi connectivity index (χ0) is 19.2. The van der Waals surface area contributed by atoms with Crippen LogP contribution < -0.4 is 9.47 Å².